The van der Waals surface area contributed by atoms with Crippen LogP contribution in [-0.4, -0.2) is 23.2 Å². The summed E-state index contributed by atoms with van der Waals surface area (Å²) in [5.41, 5.74) is 8.53. The Labute approximate surface area is 280 Å². The number of pyridine rings is 2. The van der Waals surface area contributed by atoms with Gasteiger partial charge in [-0.25, -0.2) is 0 Å². The quantitative estimate of drug-likeness (QED) is 0.131. The predicted molar refractivity (Wildman–Crippen MR) is 182 cm³/mol. The molecule has 0 unspecified atom stereocenters. The van der Waals surface area contributed by atoms with E-state index in [0.717, 1.165) is 38.7 Å². The van der Waals surface area contributed by atoms with Crippen LogP contribution in [0.25, 0.3) is 55.6 Å². The number of hydrogen-bond donors (Lipinski definition) is 0. The molecule has 0 aliphatic rings. The SMILES string of the molecule is Cc1cc(-c2[c-]cccc2)nc[c]1[Ge]([CH3])([CH3])[CH3].[2H]C([2H])([2H])c1ccnc(-c2[c-]ccc3c2oc2cc(-c4ccccc4)ccc23)c1.[Ir]. The summed E-state index contributed by atoms with van der Waals surface area (Å²) in [7, 11) is 0. The maximum absolute atomic E-state index is 7.66. The van der Waals surface area contributed by atoms with Crippen LogP contribution in [0.4, 0.5) is 0 Å². The Hall–Kier alpha value is -3.83. The third-order valence-corrected chi connectivity index (χ3v) is 11.9. The zero-order valence-electron chi connectivity index (χ0n) is 28.1. The van der Waals surface area contributed by atoms with Gasteiger partial charge in [-0.05, 0) is 35.8 Å². The minimum absolute atomic E-state index is 0. The Balaban J connectivity index is 0.000000207. The fourth-order valence-electron chi connectivity index (χ4n) is 5.35. The summed E-state index contributed by atoms with van der Waals surface area (Å²) in [6.07, 6.45) is 3.59. The molecular formula is C39H34GeIrN2O-2. The minimum Gasteiger partial charge on any atom is -0.501 e. The van der Waals surface area contributed by atoms with Gasteiger partial charge in [-0.3, -0.25) is 0 Å². The number of nitrogens with zero attached hydrogens (tertiary/aromatic N) is 2. The van der Waals surface area contributed by atoms with Crippen molar-refractivity contribution in [3.05, 3.63) is 139 Å². The number of aromatic nitrogens is 2. The number of furan rings is 1. The summed E-state index contributed by atoms with van der Waals surface area (Å²) < 4.78 is 30.7. The molecule has 0 aliphatic carbocycles. The van der Waals surface area contributed by atoms with Gasteiger partial charge in [0, 0.05) is 35.8 Å². The van der Waals surface area contributed by atoms with Crippen LogP contribution in [0.3, 0.4) is 0 Å². The van der Waals surface area contributed by atoms with Crippen LogP contribution in [0.5, 0.6) is 0 Å². The molecule has 0 fully saturated rings. The number of aryl methyl sites for hydroxylation is 2. The van der Waals surface area contributed by atoms with Crippen molar-refractivity contribution in [3.63, 3.8) is 0 Å². The average molecular weight is 815 g/mol. The van der Waals surface area contributed by atoms with Crippen LogP contribution < -0.4 is 4.40 Å². The molecule has 5 heteroatoms. The molecule has 3 aromatic heterocycles. The summed E-state index contributed by atoms with van der Waals surface area (Å²) >= 11 is -1.77. The molecule has 0 saturated carbocycles. The van der Waals surface area contributed by atoms with Crippen molar-refractivity contribution in [1.82, 2.24) is 9.97 Å². The van der Waals surface area contributed by atoms with Gasteiger partial charge < -0.3 is 9.40 Å². The first-order chi connectivity index (χ1) is 22.0. The van der Waals surface area contributed by atoms with E-state index in [1.54, 1.807) is 6.07 Å². The smallest absolute Gasteiger partial charge is 0.121 e. The number of fused-ring (bicyclic) bond motifs is 3. The van der Waals surface area contributed by atoms with E-state index in [4.69, 9.17) is 8.53 Å². The Kier molecular flexibility index (Phi) is 8.46. The molecule has 0 aliphatic heterocycles. The molecule has 0 amide bonds. The molecule has 4 aromatic carbocycles. The molecule has 7 aromatic rings. The van der Waals surface area contributed by atoms with E-state index >= 15 is 0 Å². The Morgan fingerprint density at radius 1 is 0.750 bits per heavy atom. The molecule has 1 radical (unpaired) electrons. The number of rotatable bonds is 4. The van der Waals surface area contributed by atoms with E-state index in [9.17, 15) is 0 Å². The monoisotopic (exact) mass is 816 g/mol. The van der Waals surface area contributed by atoms with Gasteiger partial charge >= 0.3 is 106 Å². The Bertz CT molecular complexity index is 2140. The van der Waals surface area contributed by atoms with E-state index in [-0.39, 0.29) is 25.7 Å². The van der Waals surface area contributed by atoms with E-state index in [1.165, 1.54) is 22.2 Å². The van der Waals surface area contributed by atoms with E-state index in [0.29, 0.717) is 16.8 Å². The first kappa shape index (κ1) is 27.7. The molecule has 0 saturated heterocycles. The molecule has 0 N–H and O–H groups in total. The van der Waals surface area contributed by atoms with Gasteiger partial charge in [0.2, 0.25) is 0 Å². The summed E-state index contributed by atoms with van der Waals surface area (Å²) in [6.45, 7) is 0.00397. The summed E-state index contributed by atoms with van der Waals surface area (Å²) in [6, 6.07) is 39.8. The third-order valence-electron chi connectivity index (χ3n) is 7.46. The first-order valence-electron chi connectivity index (χ1n) is 15.8. The fourth-order valence-corrected chi connectivity index (χ4v) is 8.93. The van der Waals surface area contributed by atoms with Crippen LogP contribution in [0.1, 0.15) is 15.2 Å². The van der Waals surface area contributed by atoms with E-state index < -0.39 is 20.1 Å². The average Bonchev–Trinajstić information content (AvgIpc) is 3.43. The van der Waals surface area contributed by atoms with Crippen molar-refractivity contribution in [2.24, 2.45) is 0 Å². The molecule has 0 spiro atoms. The largest absolute Gasteiger partial charge is 0.501 e. The van der Waals surface area contributed by atoms with Crippen molar-refractivity contribution in [3.8, 4) is 33.6 Å². The van der Waals surface area contributed by atoms with Gasteiger partial charge in [0.05, 0.1) is 5.58 Å². The van der Waals surface area contributed by atoms with Gasteiger partial charge in [-0.2, -0.15) is 0 Å². The fraction of sp³-hybridized carbons (Fsp3) is 0.128. The molecule has 44 heavy (non-hydrogen) atoms. The van der Waals surface area contributed by atoms with Crippen LogP contribution >= 0.6 is 0 Å². The maximum Gasteiger partial charge on any atom is 0.121 e. The van der Waals surface area contributed by atoms with Crippen molar-refractivity contribution < 1.29 is 28.6 Å². The second-order valence-electron chi connectivity index (χ2n) is 11.6. The van der Waals surface area contributed by atoms with E-state index in [2.05, 4.69) is 88.9 Å². The van der Waals surface area contributed by atoms with Gasteiger partial charge in [-0.1, -0.05) is 65.0 Å². The topological polar surface area (TPSA) is 38.9 Å². The molecule has 7 rings (SSSR count). The number of hydrogen-bond acceptors (Lipinski definition) is 3. The van der Waals surface area contributed by atoms with Crippen LogP contribution in [0, 0.1) is 25.9 Å². The molecular weight excluding hydrogens is 777 g/mol. The molecule has 0 bridgehead atoms. The van der Waals surface area contributed by atoms with E-state index in [1.807, 2.05) is 54.6 Å². The van der Waals surface area contributed by atoms with Crippen molar-refractivity contribution in [2.45, 2.75) is 31.0 Å². The van der Waals surface area contributed by atoms with Gasteiger partial charge in [-0.15, -0.1) is 18.2 Å². The first-order valence-corrected chi connectivity index (χ1v) is 21.7. The maximum atomic E-state index is 7.66. The minimum atomic E-state index is -2.19. The Morgan fingerprint density at radius 2 is 1.57 bits per heavy atom. The molecule has 0 atom stereocenters. The van der Waals surface area contributed by atoms with Gasteiger partial charge in [0.25, 0.3) is 0 Å². The normalized spacial score (nSPS) is 12.4. The zero-order chi connectivity index (χ0) is 32.5. The van der Waals surface area contributed by atoms with Crippen molar-refractivity contribution >= 4 is 39.6 Å². The van der Waals surface area contributed by atoms with Crippen molar-refractivity contribution in [2.75, 3.05) is 0 Å². The Morgan fingerprint density at radius 3 is 2.30 bits per heavy atom. The second kappa shape index (κ2) is 13.4. The second-order valence-corrected chi connectivity index (χ2v) is 22.2. The molecule has 3 heterocycles. The van der Waals surface area contributed by atoms with Crippen LogP contribution in [0.15, 0.2) is 120 Å². The zero-order valence-corrected chi connectivity index (χ0v) is 29.6. The predicted octanol–water partition coefficient (Wildman–Crippen LogP) is 9.82. The standard InChI is InChI=1S/C24H16NO.C15H18GeN.Ir/c1-16-12-13-25-22(14-16)21-9-5-8-20-19-11-10-18(15-23(19)26-24(20)21)17-6-3-2-4-7-17;1-12-10-15(13-8-6-5-7-9-13)17-11-14(12)16(2,3)4;/h2-8,10-15H,1H3;5-8,10-11H,1-4H3;/q2*-1;/i1D3;;. The third kappa shape index (κ3) is 6.78. The summed E-state index contributed by atoms with van der Waals surface area (Å²) in [5.74, 6) is 7.20. The molecule has 221 valence electrons. The number of benzene rings is 4. The van der Waals surface area contributed by atoms with Crippen LogP contribution in [-0.2, 0) is 20.1 Å². The summed E-state index contributed by atoms with van der Waals surface area (Å²) in [5, 5.41) is 1.95. The van der Waals surface area contributed by atoms with Gasteiger partial charge in [0.15, 0.2) is 0 Å². The van der Waals surface area contributed by atoms with Crippen LogP contribution in [0.2, 0.25) is 17.3 Å². The summed E-state index contributed by atoms with van der Waals surface area (Å²) in [4.78, 5) is 8.96. The van der Waals surface area contributed by atoms with Crippen molar-refractivity contribution in [1.29, 1.82) is 0 Å². The van der Waals surface area contributed by atoms with Gasteiger partial charge in [0.1, 0.15) is 5.58 Å². The molecule has 3 nitrogen and oxygen atoms in total.